The molecule has 168 valence electrons. The van der Waals surface area contributed by atoms with Crippen LogP contribution in [0.1, 0.15) is 67.8 Å². The Bertz CT molecular complexity index is 939. The van der Waals surface area contributed by atoms with Crippen molar-refractivity contribution in [3.05, 3.63) is 69.4 Å². The smallest absolute Gasteiger partial charge is 0.254 e. The lowest BCUT2D eigenvalue weighted by Gasteiger charge is -2.37. The lowest BCUT2D eigenvalue weighted by Crippen LogP contribution is -2.46. The highest BCUT2D eigenvalue weighted by Crippen LogP contribution is 2.36. The molecule has 2 heterocycles. The first kappa shape index (κ1) is 22.6. The second-order valence-electron chi connectivity index (χ2n) is 8.77. The van der Waals surface area contributed by atoms with E-state index < -0.39 is 0 Å². The summed E-state index contributed by atoms with van der Waals surface area (Å²) in [4.78, 5) is 13.0. The van der Waals surface area contributed by atoms with Crippen molar-refractivity contribution in [3.63, 3.8) is 0 Å². The fourth-order valence-electron chi connectivity index (χ4n) is 5.04. The number of fused-ring (bicyclic) bond motifs is 1. The maximum absolute atomic E-state index is 14.1. The van der Waals surface area contributed by atoms with Crippen LogP contribution in [0.25, 0.3) is 0 Å². The van der Waals surface area contributed by atoms with Crippen LogP contribution < -0.4 is 10.3 Å². The standard InChI is InChI=1S/C25H33FN2O2S/c1-3-31-27-23-15-12-19-11-8-17(2)25(29)28(19)24(23)16-30-20-13-9-18(10-14-20)21-6-4-5-7-22(21)26/h4-8,11,18,20,23-24,27H,3,9-10,12-16H2,1-2H3. The maximum atomic E-state index is 14.1. The molecule has 0 saturated heterocycles. The minimum atomic E-state index is -0.0947. The second-order valence-corrected chi connectivity index (χ2v) is 9.88. The van der Waals surface area contributed by atoms with Crippen LogP contribution in [0, 0.1) is 12.7 Å². The number of nitrogens with one attached hydrogen (secondary N) is 1. The number of pyridine rings is 1. The minimum Gasteiger partial charge on any atom is -0.376 e. The number of aromatic nitrogens is 1. The Morgan fingerprint density at radius 2 is 1.90 bits per heavy atom. The number of benzene rings is 1. The summed E-state index contributed by atoms with van der Waals surface area (Å²) in [6, 6.07) is 11.4. The van der Waals surface area contributed by atoms with Gasteiger partial charge >= 0.3 is 0 Å². The van der Waals surface area contributed by atoms with Crippen LogP contribution in [0.4, 0.5) is 4.39 Å². The SMILES string of the molecule is CCSNC1CCc2ccc(C)c(=O)n2C1COC1CCC(c2ccccc2F)CC1. The normalized spacial score (nSPS) is 25.9. The molecule has 1 N–H and O–H groups in total. The lowest BCUT2D eigenvalue weighted by molar-refractivity contribution is -0.00168. The molecule has 1 aliphatic heterocycles. The third-order valence-electron chi connectivity index (χ3n) is 6.80. The van der Waals surface area contributed by atoms with Gasteiger partial charge in [0, 0.05) is 23.1 Å². The lowest BCUT2D eigenvalue weighted by atomic mass is 9.82. The molecular weight excluding hydrogens is 411 g/mol. The van der Waals surface area contributed by atoms with Gasteiger partial charge in [0.05, 0.1) is 18.8 Å². The van der Waals surface area contributed by atoms with E-state index in [2.05, 4.69) is 17.7 Å². The third-order valence-corrected chi connectivity index (χ3v) is 7.56. The second kappa shape index (κ2) is 10.3. The van der Waals surface area contributed by atoms with Crippen molar-refractivity contribution in [2.45, 2.75) is 76.5 Å². The fourth-order valence-corrected chi connectivity index (χ4v) is 5.69. The molecule has 1 aliphatic carbocycles. The van der Waals surface area contributed by atoms with Gasteiger partial charge in [-0.15, -0.1) is 0 Å². The van der Waals surface area contributed by atoms with E-state index in [0.717, 1.165) is 61.1 Å². The molecule has 1 aromatic carbocycles. The van der Waals surface area contributed by atoms with E-state index in [9.17, 15) is 9.18 Å². The van der Waals surface area contributed by atoms with Crippen LogP contribution in [0.3, 0.4) is 0 Å². The van der Waals surface area contributed by atoms with Gasteiger partial charge in [0.2, 0.25) is 0 Å². The van der Waals surface area contributed by atoms with E-state index in [1.165, 1.54) is 0 Å². The Hall–Kier alpha value is -1.63. The molecule has 0 spiro atoms. The fraction of sp³-hybridized carbons (Fsp3) is 0.560. The Kier molecular flexibility index (Phi) is 7.51. The van der Waals surface area contributed by atoms with Gasteiger partial charge in [0.25, 0.3) is 5.56 Å². The summed E-state index contributed by atoms with van der Waals surface area (Å²) >= 11 is 1.71. The predicted molar refractivity (Wildman–Crippen MR) is 125 cm³/mol. The van der Waals surface area contributed by atoms with Gasteiger partial charge < -0.3 is 9.30 Å². The van der Waals surface area contributed by atoms with Gasteiger partial charge in [-0.3, -0.25) is 9.52 Å². The van der Waals surface area contributed by atoms with Crippen LogP contribution in [0.15, 0.2) is 41.2 Å². The maximum Gasteiger partial charge on any atom is 0.254 e. The summed E-state index contributed by atoms with van der Waals surface area (Å²) in [6.45, 7) is 4.55. The largest absolute Gasteiger partial charge is 0.376 e. The van der Waals surface area contributed by atoms with Crippen LogP contribution in [0.5, 0.6) is 0 Å². The van der Waals surface area contributed by atoms with E-state index in [4.69, 9.17) is 4.74 Å². The van der Waals surface area contributed by atoms with E-state index in [1.807, 2.05) is 29.7 Å². The zero-order valence-corrected chi connectivity index (χ0v) is 19.3. The molecule has 0 radical (unpaired) electrons. The van der Waals surface area contributed by atoms with Crippen LogP contribution in [0.2, 0.25) is 0 Å². The van der Waals surface area contributed by atoms with Crippen molar-refractivity contribution in [2.24, 2.45) is 0 Å². The Labute approximate surface area is 188 Å². The van der Waals surface area contributed by atoms with Crippen molar-refractivity contribution in [3.8, 4) is 0 Å². The molecular formula is C25H33FN2O2S. The molecule has 31 heavy (non-hydrogen) atoms. The summed E-state index contributed by atoms with van der Waals surface area (Å²) in [7, 11) is 0. The quantitative estimate of drug-likeness (QED) is 0.600. The number of rotatable bonds is 7. The summed E-state index contributed by atoms with van der Waals surface area (Å²) < 4.78 is 26.1. The predicted octanol–water partition coefficient (Wildman–Crippen LogP) is 5.15. The van der Waals surface area contributed by atoms with Crippen LogP contribution in [-0.4, -0.2) is 29.1 Å². The van der Waals surface area contributed by atoms with Crippen molar-refractivity contribution < 1.29 is 9.13 Å². The van der Waals surface area contributed by atoms with Crippen molar-refractivity contribution in [1.29, 1.82) is 0 Å². The molecule has 2 atom stereocenters. The van der Waals surface area contributed by atoms with E-state index in [0.29, 0.717) is 6.61 Å². The molecule has 1 fully saturated rings. The molecule has 2 aromatic rings. The highest BCUT2D eigenvalue weighted by molar-refractivity contribution is 7.97. The van der Waals surface area contributed by atoms with Gasteiger partial charge in [-0.2, -0.15) is 0 Å². The molecule has 4 nitrogen and oxygen atoms in total. The van der Waals surface area contributed by atoms with Gasteiger partial charge in [-0.1, -0.05) is 43.1 Å². The number of aryl methyl sites for hydroxylation is 2. The number of ether oxygens (including phenoxy) is 1. The summed E-state index contributed by atoms with van der Waals surface area (Å²) in [6.07, 6.45) is 5.84. The molecule has 1 saturated carbocycles. The minimum absolute atomic E-state index is 0.000471. The van der Waals surface area contributed by atoms with Gasteiger partial charge in [-0.05, 0) is 69.1 Å². The number of halogens is 1. The van der Waals surface area contributed by atoms with Crippen LogP contribution in [-0.2, 0) is 11.2 Å². The zero-order valence-electron chi connectivity index (χ0n) is 18.5. The van der Waals surface area contributed by atoms with Gasteiger partial charge in [0.1, 0.15) is 5.82 Å². The number of hydrogen-bond acceptors (Lipinski definition) is 4. The van der Waals surface area contributed by atoms with Gasteiger partial charge in [-0.25, -0.2) is 4.39 Å². The average Bonchev–Trinajstić information content (AvgIpc) is 2.79. The topological polar surface area (TPSA) is 43.3 Å². The van der Waals surface area contributed by atoms with Crippen molar-refractivity contribution in [1.82, 2.24) is 9.29 Å². The molecule has 0 bridgehead atoms. The molecule has 4 rings (SSSR count). The Balaban J connectivity index is 1.42. The first-order valence-corrected chi connectivity index (χ1v) is 12.5. The molecule has 2 aliphatic rings. The third kappa shape index (κ3) is 5.07. The summed E-state index contributed by atoms with van der Waals surface area (Å²) in [5, 5.41) is 0. The number of hydrogen-bond donors (Lipinski definition) is 1. The summed E-state index contributed by atoms with van der Waals surface area (Å²) in [5.74, 6) is 1.17. The molecule has 6 heteroatoms. The monoisotopic (exact) mass is 444 g/mol. The van der Waals surface area contributed by atoms with E-state index in [1.54, 1.807) is 24.1 Å². The number of nitrogens with zero attached hydrogens (tertiary/aromatic N) is 1. The van der Waals surface area contributed by atoms with Crippen LogP contribution >= 0.6 is 11.9 Å². The highest BCUT2D eigenvalue weighted by atomic mass is 32.2. The van der Waals surface area contributed by atoms with Crippen molar-refractivity contribution in [2.75, 3.05) is 12.4 Å². The first-order chi connectivity index (χ1) is 15.1. The average molecular weight is 445 g/mol. The van der Waals surface area contributed by atoms with E-state index in [-0.39, 0.29) is 35.5 Å². The Morgan fingerprint density at radius 3 is 2.65 bits per heavy atom. The highest BCUT2D eigenvalue weighted by Gasteiger charge is 2.32. The van der Waals surface area contributed by atoms with Gasteiger partial charge in [0.15, 0.2) is 0 Å². The molecule has 2 unspecified atom stereocenters. The zero-order chi connectivity index (χ0) is 21.8. The molecule has 0 amide bonds. The molecule has 1 aromatic heterocycles. The van der Waals surface area contributed by atoms with Crippen molar-refractivity contribution >= 4 is 11.9 Å². The Morgan fingerprint density at radius 1 is 1.13 bits per heavy atom. The first-order valence-electron chi connectivity index (χ1n) is 11.5. The van der Waals surface area contributed by atoms with E-state index >= 15 is 0 Å². The summed E-state index contributed by atoms with van der Waals surface area (Å²) in [5.41, 5.74) is 2.82.